The molecule has 0 aromatic heterocycles. The highest BCUT2D eigenvalue weighted by atomic mass is 79.9. The second-order valence-electron chi connectivity index (χ2n) is 8.87. The molecule has 4 aliphatic carbocycles. The van der Waals surface area contributed by atoms with E-state index in [2.05, 4.69) is 35.9 Å². The van der Waals surface area contributed by atoms with Crippen molar-refractivity contribution in [2.24, 2.45) is 28.6 Å². The number of halogens is 1. The molecule has 3 unspecified atom stereocenters. The molecule has 0 bridgehead atoms. The van der Waals surface area contributed by atoms with E-state index in [4.69, 9.17) is 0 Å². The zero-order chi connectivity index (χ0) is 15.7. The maximum atomic E-state index is 10.7. The SMILES string of the molecule is C[C@]12CCC(O)C=C1CC[C@@H]1[C@H]2CC[C@]2(C)C(O)C(Br)C[C@@H]12. The summed E-state index contributed by atoms with van der Waals surface area (Å²) in [6, 6.07) is 0. The Balaban J connectivity index is 1.68. The molecule has 2 nitrogen and oxygen atoms in total. The van der Waals surface area contributed by atoms with Crippen molar-refractivity contribution in [2.75, 3.05) is 0 Å². The van der Waals surface area contributed by atoms with Gasteiger partial charge in [-0.2, -0.15) is 0 Å². The molecule has 0 radical (unpaired) electrons. The summed E-state index contributed by atoms with van der Waals surface area (Å²) >= 11 is 3.74. The minimum atomic E-state index is -0.214. The van der Waals surface area contributed by atoms with Crippen LogP contribution < -0.4 is 0 Å². The minimum Gasteiger partial charge on any atom is -0.391 e. The molecule has 4 rings (SSSR count). The molecule has 22 heavy (non-hydrogen) atoms. The second kappa shape index (κ2) is 5.07. The van der Waals surface area contributed by atoms with E-state index in [1.807, 2.05) is 0 Å². The molecular weight excluding hydrogens is 340 g/mol. The van der Waals surface area contributed by atoms with Crippen molar-refractivity contribution < 1.29 is 10.2 Å². The molecule has 124 valence electrons. The summed E-state index contributed by atoms with van der Waals surface area (Å²) in [5.41, 5.74) is 1.95. The second-order valence-corrected chi connectivity index (χ2v) is 10.0. The lowest BCUT2D eigenvalue weighted by Crippen LogP contribution is -2.51. The Morgan fingerprint density at radius 1 is 1.09 bits per heavy atom. The summed E-state index contributed by atoms with van der Waals surface area (Å²) in [6.45, 7) is 4.79. The first kappa shape index (κ1) is 15.7. The minimum absolute atomic E-state index is 0.112. The van der Waals surface area contributed by atoms with Crippen LogP contribution in [0.5, 0.6) is 0 Å². The van der Waals surface area contributed by atoms with Crippen molar-refractivity contribution in [3.05, 3.63) is 11.6 Å². The molecule has 0 aliphatic heterocycles. The Labute approximate surface area is 142 Å². The van der Waals surface area contributed by atoms with Crippen molar-refractivity contribution in [1.82, 2.24) is 0 Å². The highest BCUT2D eigenvalue weighted by Crippen LogP contribution is 2.65. The van der Waals surface area contributed by atoms with Crippen LogP contribution in [-0.4, -0.2) is 27.2 Å². The first-order valence-electron chi connectivity index (χ1n) is 9.07. The van der Waals surface area contributed by atoms with Gasteiger partial charge in [0.25, 0.3) is 0 Å². The van der Waals surface area contributed by atoms with Gasteiger partial charge in [0.2, 0.25) is 0 Å². The van der Waals surface area contributed by atoms with Gasteiger partial charge >= 0.3 is 0 Å². The number of aliphatic hydroxyl groups excluding tert-OH is 2. The molecule has 3 heteroatoms. The average molecular weight is 369 g/mol. The third-order valence-corrected chi connectivity index (χ3v) is 8.90. The Hall–Kier alpha value is 0.140. The van der Waals surface area contributed by atoms with Crippen molar-refractivity contribution >= 4 is 15.9 Å². The zero-order valence-corrected chi connectivity index (χ0v) is 15.3. The topological polar surface area (TPSA) is 40.5 Å². The molecular formula is C19H29BrO2. The highest BCUT2D eigenvalue weighted by Gasteiger charge is 2.60. The van der Waals surface area contributed by atoms with E-state index in [1.165, 1.54) is 18.4 Å². The highest BCUT2D eigenvalue weighted by molar-refractivity contribution is 9.09. The summed E-state index contributed by atoms with van der Waals surface area (Å²) in [5.74, 6) is 2.17. The fraction of sp³-hybridized carbons (Fsp3) is 0.895. The van der Waals surface area contributed by atoms with Gasteiger partial charge in [-0.05, 0) is 73.5 Å². The Bertz CT molecular complexity index is 504. The van der Waals surface area contributed by atoms with E-state index in [1.54, 1.807) is 0 Å². The predicted molar refractivity (Wildman–Crippen MR) is 91.8 cm³/mol. The average Bonchev–Trinajstić information content (AvgIpc) is 2.72. The number of hydrogen-bond donors (Lipinski definition) is 2. The molecule has 0 aromatic rings. The van der Waals surface area contributed by atoms with E-state index in [0.29, 0.717) is 11.3 Å². The number of aliphatic hydroxyl groups is 2. The first-order chi connectivity index (χ1) is 10.4. The van der Waals surface area contributed by atoms with Gasteiger partial charge in [-0.1, -0.05) is 41.4 Å². The summed E-state index contributed by atoms with van der Waals surface area (Å²) in [5, 5.41) is 20.7. The standard InChI is InChI=1S/C19H29BrO2/c1-18-7-5-12(21)9-11(18)3-4-13-14(18)6-8-19(2)15(13)10-16(20)17(19)22/h9,12-17,21-22H,3-8,10H2,1-2H3/t12?,13-,14-,15+,16?,17?,18+,19+/m1/s1. The lowest BCUT2D eigenvalue weighted by atomic mass is 9.47. The van der Waals surface area contributed by atoms with E-state index >= 15 is 0 Å². The smallest absolute Gasteiger partial charge is 0.0724 e. The Kier molecular flexibility index (Phi) is 3.61. The van der Waals surface area contributed by atoms with Crippen LogP contribution in [0.15, 0.2) is 11.6 Å². The molecule has 0 spiro atoms. The van der Waals surface area contributed by atoms with Gasteiger partial charge in [0.05, 0.1) is 12.2 Å². The van der Waals surface area contributed by atoms with Crippen molar-refractivity contribution in [3.8, 4) is 0 Å². The maximum absolute atomic E-state index is 10.7. The summed E-state index contributed by atoms with van der Waals surface area (Å²) in [4.78, 5) is 0.277. The van der Waals surface area contributed by atoms with Crippen LogP contribution in [0.25, 0.3) is 0 Å². The fourth-order valence-corrected chi connectivity index (χ4v) is 7.66. The van der Waals surface area contributed by atoms with Gasteiger partial charge in [-0.3, -0.25) is 0 Å². The van der Waals surface area contributed by atoms with Gasteiger partial charge in [0.15, 0.2) is 0 Å². The van der Waals surface area contributed by atoms with E-state index in [9.17, 15) is 10.2 Å². The molecule has 4 aliphatic rings. The summed E-state index contributed by atoms with van der Waals surface area (Å²) in [7, 11) is 0. The quantitative estimate of drug-likeness (QED) is 0.500. The van der Waals surface area contributed by atoms with Crippen LogP contribution in [0.2, 0.25) is 0 Å². The van der Waals surface area contributed by atoms with Crippen LogP contribution in [-0.2, 0) is 0 Å². The van der Waals surface area contributed by atoms with Crippen LogP contribution in [0.4, 0.5) is 0 Å². The van der Waals surface area contributed by atoms with Crippen LogP contribution in [0, 0.1) is 28.6 Å². The lowest BCUT2D eigenvalue weighted by molar-refractivity contribution is -0.0756. The first-order valence-corrected chi connectivity index (χ1v) is 9.99. The monoisotopic (exact) mass is 368 g/mol. The van der Waals surface area contributed by atoms with Crippen LogP contribution >= 0.6 is 15.9 Å². The number of alkyl halides is 1. The van der Waals surface area contributed by atoms with Gasteiger partial charge in [-0.15, -0.1) is 0 Å². The molecule has 0 aromatic carbocycles. The Morgan fingerprint density at radius 3 is 2.64 bits per heavy atom. The van der Waals surface area contributed by atoms with Crippen LogP contribution in [0.1, 0.15) is 58.8 Å². The lowest BCUT2D eigenvalue weighted by Gasteiger charge is -2.58. The fourth-order valence-electron chi connectivity index (χ4n) is 6.65. The molecule has 2 N–H and O–H groups in total. The van der Waals surface area contributed by atoms with E-state index in [0.717, 1.165) is 43.9 Å². The Morgan fingerprint density at radius 2 is 1.86 bits per heavy atom. The number of rotatable bonds is 0. The number of allylic oxidation sites excluding steroid dienone is 1. The van der Waals surface area contributed by atoms with Gasteiger partial charge in [0.1, 0.15) is 0 Å². The number of fused-ring (bicyclic) bond motifs is 5. The summed E-state index contributed by atoms with van der Waals surface area (Å²) < 4.78 is 0. The maximum Gasteiger partial charge on any atom is 0.0724 e. The van der Waals surface area contributed by atoms with Crippen molar-refractivity contribution in [3.63, 3.8) is 0 Å². The molecule has 8 atom stereocenters. The number of hydrogen-bond acceptors (Lipinski definition) is 2. The largest absolute Gasteiger partial charge is 0.391 e. The molecule has 0 heterocycles. The third kappa shape index (κ3) is 1.97. The van der Waals surface area contributed by atoms with Gasteiger partial charge in [-0.25, -0.2) is 0 Å². The normalized spacial score (nSPS) is 57.6. The predicted octanol–water partition coefficient (Wildman–Crippen LogP) is 4.04. The summed E-state index contributed by atoms with van der Waals surface area (Å²) in [6.07, 6.45) is 9.80. The van der Waals surface area contributed by atoms with Crippen molar-refractivity contribution in [2.45, 2.75) is 75.8 Å². The molecule has 3 fully saturated rings. The molecule has 0 amide bonds. The van der Waals surface area contributed by atoms with Crippen molar-refractivity contribution in [1.29, 1.82) is 0 Å². The van der Waals surface area contributed by atoms with Gasteiger partial charge < -0.3 is 10.2 Å². The van der Waals surface area contributed by atoms with E-state index in [-0.39, 0.29) is 22.5 Å². The zero-order valence-electron chi connectivity index (χ0n) is 13.8. The molecule has 0 saturated heterocycles. The van der Waals surface area contributed by atoms with Crippen LogP contribution in [0.3, 0.4) is 0 Å². The van der Waals surface area contributed by atoms with E-state index < -0.39 is 0 Å². The third-order valence-electron chi connectivity index (χ3n) is 8.02. The van der Waals surface area contributed by atoms with Gasteiger partial charge in [0, 0.05) is 4.83 Å². The molecule has 3 saturated carbocycles.